The number of rotatable bonds is 0. The SMILES string of the molecule is COC(=O)N1C(=O)SC(C)(C)C1=O. The molecule has 0 spiro atoms. The van der Waals surface area contributed by atoms with Crippen molar-refractivity contribution in [1.82, 2.24) is 4.90 Å². The van der Waals surface area contributed by atoms with E-state index in [9.17, 15) is 14.4 Å². The van der Waals surface area contributed by atoms with Crippen LogP contribution < -0.4 is 0 Å². The largest absolute Gasteiger partial charge is 0.452 e. The number of hydrogen-bond donors (Lipinski definition) is 0. The second-order valence-electron chi connectivity index (χ2n) is 2.99. The lowest BCUT2D eigenvalue weighted by atomic mass is 10.2. The van der Waals surface area contributed by atoms with Gasteiger partial charge in [0.1, 0.15) is 0 Å². The Morgan fingerprint density at radius 3 is 2.31 bits per heavy atom. The zero-order valence-electron chi connectivity index (χ0n) is 7.49. The van der Waals surface area contributed by atoms with Crippen LogP contribution in [-0.4, -0.2) is 34.0 Å². The summed E-state index contributed by atoms with van der Waals surface area (Å²) in [5.41, 5.74) is 0. The maximum atomic E-state index is 11.4. The Hall–Kier alpha value is -1.04. The zero-order chi connectivity index (χ0) is 10.2. The van der Waals surface area contributed by atoms with E-state index < -0.39 is 22.0 Å². The number of ether oxygens (including phenoxy) is 1. The Bertz CT molecular complexity index is 286. The van der Waals surface area contributed by atoms with Crippen LogP contribution >= 0.6 is 11.8 Å². The molecule has 0 saturated carbocycles. The molecule has 0 aromatic heterocycles. The number of nitrogens with zero attached hydrogens (tertiary/aromatic N) is 1. The van der Waals surface area contributed by atoms with Crippen molar-refractivity contribution in [3.05, 3.63) is 0 Å². The molecule has 3 amide bonds. The lowest BCUT2D eigenvalue weighted by molar-refractivity contribution is -0.127. The molecule has 0 aromatic carbocycles. The number of methoxy groups -OCH3 is 1. The Kier molecular flexibility index (Phi) is 2.34. The Balaban J connectivity index is 2.95. The van der Waals surface area contributed by atoms with Crippen molar-refractivity contribution >= 4 is 29.0 Å². The number of carbonyl (C=O) groups excluding carboxylic acids is 3. The maximum absolute atomic E-state index is 11.4. The molecule has 5 nitrogen and oxygen atoms in total. The van der Waals surface area contributed by atoms with E-state index in [1.54, 1.807) is 13.8 Å². The molecule has 13 heavy (non-hydrogen) atoms. The molecule has 1 heterocycles. The first-order chi connectivity index (χ1) is 5.90. The van der Waals surface area contributed by atoms with Crippen LogP contribution in [0.5, 0.6) is 0 Å². The minimum atomic E-state index is -0.923. The molecule has 0 aliphatic carbocycles. The topological polar surface area (TPSA) is 63.7 Å². The highest BCUT2D eigenvalue weighted by Gasteiger charge is 2.49. The van der Waals surface area contributed by atoms with Crippen molar-refractivity contribution in [2.45, 2.75) is 18.6 Å². The van der Waals surface area contributed by atoms with E-state index >= 15 is 0 Å². The first-order valence-corrected chi connectivity index (χ1v) is 4.37. The van der Waals surface area contributed by atoms with Crippen LogP contribution in [0.25, 0.3) is 0 Å². The van der Waals surface area contributed by atoms with Gasteiger partial charge < -0.3 is 4.74 Å². The first-order valence-electron chi connectivity index (χ1n) is 3.55. The van der Waals surface area contributed by atoms with E-state index in [1.807, 2.05) is 0 Å². The van der Waals surface area contributed by atoms with Gasteiger partial charge in [-0.3, -0.25) is 9.59 Å². The molecule has 0 bridgehead atoms. The summed E-state index contributed by atoms with van der Waals surface area (Å²) in [6.45, 7) is 3.17. The van der Waals surface area contributed by atoms with Gasteiger partial charge in [-0.25, -0.2) is 4.79 Å². The van der Waals surface area contributed by atoms with Crippen molar-refractivity contribution in [3.8, 4) is 0 Å². The highest BCUT2D eigenvalue weighted by Crippen LogP contribution is 2.36. The molecular formula is C7H9NO4S. The second kappa shape index (κ2) is 3.02. The number of imide groups is 3. The number of hydrogen-bond acceptors (Lipinski definition) is 5. The lowest BCUT2D eigenvalue weighted by Crippen LogP contribution is -2.39. The third-order valence-electron chi connectivity index (χ3n) is 1.60. The molecule has 1 aliphatic rings. The van der Waals surface area contributed by atoms with E-state index in [-0.39, 0.29) is 0 Å². The van der Waals surface area contributed by atoms with Crippen molar-refractivity contribution in [1.29, 1.82) is 0 Å². The van der Waals surface area contributed by atoms with Gasteiger partial charge in [-0.05, 0) is 25.6 Å². The summed E-state index contributed by atoms with van der Waals surface area (Å²) < 4.78 is 3.43. The van der Waals surface area contributed by atoms with E-state index in [2.05, 4.69) is 4.74 Å². The average Bonchev–Trinajstić information content (AvgIpc) is 2.21. The predicted molar refractivity (Wildman–Crippen MR) is 46.3 cm³/mol. The Morgan fingerprint density at radius 1 is 1.46 bits per heavy atom. The summed E-state index contributed by atoms with van der Waals surface area (Å²) in [5, 5.41) is -0.582. The molecule has 0 atom stereocenters. The van der Waals surface area contributed by atoms with Crippen LogP contribution in [0.2, 0.25) is 0 Å². The monoisotopic (exact) mass is 203 g/mol. The molecular weight excluding hydrogens is 194 g/mol. The molecule has 1 rings (SSSR count). The number of thioether (sulfide) groups is 1. The zero-order valence-corrected chi connectivity index (χ0v) is 8.30. The summed E-state index contributed by atoms with van der Waals surface area (Å²) in [7, 11) is 1.12. The third-order valence-corrected chi connectivity index (χ3v) is 2.64. The fourth-order valence-electron chi connectivity index (χ4n) is 0.908. The highest BCUT2D eigenvalue weighted by atomic mass is 32.2. The summed E-state index contributed by atoms with van der Waals surface area (Å²) in [6.07, 6.45) is -0.923. The lowest BCUT2D eigenvalue weighted by Gasteiger charge is -2.12. The fraction of sp³-hybridized carbons (Fsp3) is 0.571. The van der Waals surface area contributed by atoms with Crippen LogP contribution in [0.4, 0.5) is 9.59 Å². The van der Waals surface area contributed by atoms with Gasteiger partial charge in [-0.1, -0.05) is 0 Å². The Morgan fingerprint density at radius 2 is 2.00 bits per heavy atom. The van der Waals surface area contributed by atoms with Gasteiger partial charge in [0.15, 0.2) is 0 Å². The van der Waals surface area contributed by atoms with E-state index in [1.165, 1.54) is 0 Å². The first kappa shape index (κ1) is 10.0. The van der Waals surface area contributed by atoms with Gasteiger partial charge in [-0.2, -0.15) is 4.90 Å². The van der Waals surface area contributed by atoms with E-state index in [0.29, 0.717) is 4.90 Å². The molecule has 0 radical (unpaired) electrons. The van der Waals surface area contributed by atoms with Crippen molar-refractivity contribution in [2.24, 2.45) is 0 Å². The predicted octanol–water partition coefficient (Wildman–Crippen LogP) is 1.23. The average molecular weight is 203 g/mol. The van der Waals surface area contributed by atoms with Gasteiger partial charge in [0.25, 0.3) is 11.1 Å². The van der Waals surface area contributed by atoms with Crippen LogP contribution in [-0.2, 0) is 9.53 Å². The normalized spacial score (nSPS) is 20.7. The van der Waals surface area contributed by atoms with Crippen molar-refractivity contribution in [2.75, 3.05) is 7.11 Å². The molecule has 1 aliphatic heterocycles. The third kappa shape index (κ3) is 1.53. The molecule has 0 N–H and O–H groups in total. The maximum Gasteiger partial charge on any atom is 0.423 e. The van der Waals surface area contributed by atoms with E-state index in [0.717, 1.165) is 18.9 Å². The van der Waals surface area contributed by atoms with E-state index in [4.69, 9.17) is 0 Å². The highest BCUT2D eigenvalue weighted by molar-refractivity contribution is 8.16. The number of amides is 3. The standard InChI is InChI=1S/C7H9NO4S/c1-7(2)4(9)8(5(10)12-3)6(11)13-7/h1-3H3. The van der Waals surface area contributed by atoms with Crippen molar-refractivity contribution in [3.63, 3.8) is 0 Å². The van der Waals surface area contributed by atoms with Gasteiger partial charge in [0.2, 0.25) is 0 Å². The Labute approximate surface area is 79.4 Å². The molecule has 1 saturated heterocycles. The summed E-state index contributed by atoms with van der Waals surface area (Å²) in [6, 6.07) is 0. The minimum Gasteiger partial charge on any atom is -0.452 e. The van der Waals surface area contributed by atoms with Crippen molar-refractivity contribution < 1.29 is 19.1 Å². The summed E-state index contributed by atoms with van der Waals surface area (Å²) >= 11 is 0.819. The van der Waals surface area contributed by atoms with Crippen LogP contribution in [0, 0.1) is 0 Å². The second-order valence-corrected chi connectivity index (χ2v) is 4.56. The molecule has 72 valence electrons. The quantitative estimate of drug-likeness (QED) is 0.592. The number of carbonyl (C=O) groups is 3. The molecule has 1 fully saturated rings. The van der Waals surface area contributed by atoms with Gasteiger partial charge in [0.05, 0.1) is 11.9 Å². The van der Waals surface area contributed by atoms with Gasteiger partial charge in [-0.15, -0.1) is 0 Å². The summed E-state index contributed by atoms with van der Waals surface area (Å²) in [4.78, 5) is 34.1. The molecule has 0 aromatic rings. The van der Waals surface area contributed by atoms with Gasteiger partial charge in [0, 0.05) is 0 Å². The fourth-order valence-corrected chi connectivity index (χ4v) is 1.77. The summed E-state index contributed by atoms with van der Waals surface area (Å²) in [5.74, 6) is -0.533. The smallest absolute Gasteiger partial charge is 0.423 e. The van der Waals surface area contributed by atoms with Gasteiger partial charge >= 0.3 is 6.09 Å². The minimum absolute atomic E-state index is 0.519. The van der Waals surface area contributed by atoms with Crippen LogP contribution in [0.1, 0.15) is 13.8 Å². The van der Waals surface area contributed by atoms with Crippen LogP contribution in [0.3, 0.4) is 0 Å². The molecule has 6 heteroatoms. The molecule has 0 unspecified atom stereocenters. The van der Waals surface area contributed by atoms with Crippen LogP contribution in [0.15, 0.2) is 0 Å².